The van der Waals surface area contributed by atoms with Crippen LogP contribution in [0.25, 0.3) is 0 Å². The summed E-state index contributed by atoms with van der Waals surface area (Å²) in [5.74, 6) is -0.776. The number of carbonyl (C=O) groups is 2. The standard InChI is InChI=1S/C18H25N3O5/c1-10(9-25-4)19-14-13(16(23)17(14)26-5)20-12-8-6-7-11(15(12)22)18(24)21(2)3/h6-8,10,17,19-20,22H,9H2,1-5H3. The van der Waals surface area contributed by atoms with Crippen LogP contribution >= 0.6 is 0 Å². The molecular weight excluding hydrogens is 338 g/mol. The van der Waals surface area contributed by atoms with E-state index in [-0.39, 0.29) is 34.7 Å². The average molecular weight is 363 g/mol. The summed E-state index contributed by atoms with van der Waals surface area (Å²) in [5.41, 5.74) is 1.31. The van der Waals surface area contributed by atoms with Crippen molar-refractivity contribution in [3.63, 3.8) is 0 Å². The molecule has 0 bridgehead atoms. The molecule has 2 unspecified atom stereocenters. The smallest absolute Gasteiger partial charge is 0.257 e. The maximum atomic E-state index is 12.3. The Morgan fingerprint density at radius 2 is 2.04 bits per heavy atom. The maximum absolute atomic E-state index is 12.3. The predicted octanol–water partition coefficient (Wildman–Crippen LogP) is 0.940. The minimum absolute atomic E-state index is 0.0344. The van der Waals surface area contributed by atoms with Gasteiger partial charge in [0.1, 0.15) is 5.70 Å². The van der Waals surface area contributed by atoms with Gasteiger partial charge in [-0.3, -0.25) is 9.59 Å². The number of ketones is 1. The number of carbonyl (C=O) groups excluding carboxylic acids is 2. The first-order chi connectivity index (χ1) is 12.3. The number of phenols is 1. The van der Waals surface area contributed by atoms with Crippen molar-refractivity contribution >= 4 is 17.4 Å². The van der Waals surface area contributed by atoms with Crippen LogP contribution in [0, 0.1) is 0 Å². The zero-order chi connectivity index (χ0) is 19.4. The highest BCUT2D eigenvalue weighted by Crippen LogP contribution is 2.33. The molecule has 0 saturated heterocycles. The second-order valence-corrected chi connectivity index (χ2v) is 6.30. The number of rotatable bonds is 8. The summed E-state index contributed by atoms with van der Waals surface area (Å²) in [6.45, 7) is 2.37. The van der Waals surface area contributed by atoms with E-state index in [2.05, 4.69) is 10.6 Å². The normalized spacial score (nSPS) is 17.6. The van der Waals surface area contributed by atoms with Gasteiger partial charge in [0, 0.05) is 34.4 Å². The van der Waals surface area contributed by atoms with Crippen LogP contribution < -0.4 is 10.6 Å². The Morgan fingerprint density at radius 1 is 1.35 bits per heavy atom. The van der Waals surface area contributed by atoms with Crippen molar-refractivity contribution in [3.8, 4) is 5.75 Å². The van der Waals surface area contributed by atoms with Gasteiger partial charge in [-0.2, -0.15) is 0 Å². The highest BCUT2D eigenvalue weighted by atomic mass is 16.5. The summed E-state index contributed by atoms with van der Waals surface area (Å²) < 4.78 is 10.3. The second kappa shape index (κ2) is 8.20. The second-order valence-electron chi connectivity index (χ2n) is 6.30. The van der Waals surface area contributed by atoms with Gasteiger partial charge >= 0.3 is 0 Å². The number of nitrogens with zero attached hydrogens (tertiary/aromatic N) is 1. The van der Waals surface area contributed by atoms with Gasteiger partial charge in [-0.1, -0.05) is 6.07 Å². The third-order valence-electron chi connectivity index (χ3n) is 4.00. The first-order valence-electron chi connectivity index (χ1n) is 8.19. The Bertz CT molecular complexity index is 730. The molecule has 1 amide bonds. The topological polar surface area (TPSA) is 100 Å². The number of benzene rings is 1. The molecule has 1 aromatic carbocycles. The minimum Gasteiger partial charge on any atom is -0.505 e. The molecule has 26 heavy (non-hydrogen) atoms. The summed E-state index contributed by atoms with van der Waals surface area (Å²) in [4.78, 5) is 25.8. The Labute approximate surface area is 152 Å². The van der Waals surface area contributed by atoms with E-state index < -0.39 is 6.10 Å². The summed E-state index contributed by atoms with van der Waals surface area (Å²) >= 11 is 0. The largest absolute Gasteiger partial charge is 0.505 e. The van der Waals surface area contributed by atoms with E-state index in [4.69, 9.17) is 9.47 Å². The molecule has 1 aliphatic carbocycles. The number of methoxy groups -OCH3 is 2. The predicted molar refractivity (Wildman–Crippen MR) is 97.1 cm³/mol. The zero-order valence-electron chi connectivity index (χ0n) is 15.6. The van der Waals surface area contributed by atoms with Gasteiger partial charge in [-0.05, 0) is 19.1 Å². The molecule has 0 fully saturated rings. The van der Waals surface area contributed by atoms with Crippen LogP contribution in [0.1, 0.15) is 17.3 Å². The van der Waals surface area contributed by atoms with Crippen molar-refractivity contribution in [2.75, 3.05) is 40.2 Å². The molecule has 0 saturated carbocycles. The molecule has 142 valence electrons. The van der Waals surface area contributed by atoms with E-state index in [1.807, 2.05) is 6.92 Å². The third-order valence-corrected chi connectivity index (χ3v) is 4.00. The highest BCUT2D eigenvalue weighted by Gasteiger charge is 2.40. The lowest BCUT2D eigenvalue weighted by Gasteiger charge is -2.34. The molecule has 0 aromatic heterocycles. The molecule has 0 radical (unpaired) electrons. The molecular formula is C18H25N3O5. The fourth-order valence-electron chi connectivity index (χ4n) is 2.70. The number of anilines is 1. The number of phenolic OH excluding ortho intramolecular Hbond substituents is 1. The quantitative estimate of drug-likeness (QED) is 0.591. The fraction of sp³-hybridized carbons (Fsp3) is 0.444. The monoisotopic (exact) mass is 363 g/mol. The lowest BCUT2D eigenvalue weighted by Crippen LogP contribution is -2.49. The van der Waals surface area contributed by atoms with Gasteiger partial charge in [0.15, 0.2) is 11.9 Å². The summed E-state index contributed by atoms with van der Waals surface area (Å²) in [5, 5.41) is 16.5. The lowest BCUT2D eigenvalue weighted by atomic mass is 9.93. The van der Waals surface area contributed by atoms with Crippen LogP contribution in [-0.4, -0.2) is 68.8 Å². The minimum atomic E-state index is -0.689. The molecule has 0 aliphatic heterocycles. The van der Waals surface area contributed by atoms with Crippen LogP contribution in [0.3, 0.4) is 0 Å². The molecule has 1 aromatic rings. The van der Waals surface area contributed by atoms with Crippen molar-refractivity contribution < 1.29 is 24.2 Å². The van der Waals surface area contributed by atoms with Gasteiger partial charge in [0.05, 0.1) is 23.6 Å². The number of amides is 1. The third kappa shape index (κ3) is 3.81. The average Bonchev–Trinajstić information content (AvgIpc) is 2.60. The first-order valence-corrected chi connectivity index (χ1v) is 8.19. The van der Waals surface area contributed by atoms with Crippen molar-refractivity contribution in [2.24, 2.45) is 0 Å². The van der Waals surface area contributed by atoms with Gasteiger partial charge in [0.25, 0.3) is 5.91 Å². The summed E-state index contributed by atoms with van der Waals surface area (Å²) in [6.07, 6.45) is -0.689. The molecule has 2 rings (SSSR count). The Balaban J connectivity index is 2.31. The molecule has 0 spiro atoms. The van der Waals surface area contributed by atoms with Crippen LogP contribution in [0.4, 0.5) is 5.69 Å². The number of aromatic hydroxyl groups is 1. The Hall–Kier alpha value is -2.58. The van der Waals surface area contributed by atoms with E-state index >= 15 is 0 Å². The van der Waals surface area contributed by atoms with E-state index in [1.165, 1.54) is 18.1 Å². The Morgan fingerprint density at radius 3 is 2.62 bits per heavy atom. The van der Waals surface area contributed by atoms with Crippen LogP contribution in [0.2, 0.25) is 0 Å². The van der Waals surface area contributed by atoms with Crippen LogP contribution in [-0.2, 0) is 14.3 Å². The highest BCUT2D eigenvalue weighted by molar-refractivity contribution is 6.11. The number of hydrogen-bond donors (Lipinski definition) is 3. The Kier molecular flexibility index (Phi) is 6.23. The zero-order valence-corrected chi connectivity index (χ0v) is 15.6. The van der Waals surface area contributed by atoms with Crippen molar-refractivity contribution in [2.45, 2.75) is 19.1 Å². The van der Waals surface area contributed by atoms with Crippen molar-refractivity contribution in [1.82, 2.24) is 10.2 Å². The number of ether oxygens (including phenoxy) is 2. The number of hydrogen-bond acceptors (Lipinski definition) is 7. The molecule has 8 heteroatoms. The van der Waals surface area contributed by atoms with Gasteiger partial charge in [0.2, 0.25) is 5.78 Å². The number of Topliss-reactive ketones (excluding diaryl/α,β-unsaturated/α-hetero) is 1. The summed E-state index contributed by atoms with van der Waals surface area (Å²) in [6, 6.07) is 4.72. The molecule has 1 aliphatic rings. The van der Waals surface area contributed by atoms with Gasteiger partial charge < -0.3 is 30.1 Å². The molecule has 3 N–H and O–H groups in total. The lowest BCUT2D eigenvalue weighted by molar-refractivity contribution is -0.126. The molecule has 8 nitrogen and oxygen atoms in total. The van der Waals surface area contributed by atoms with Crippen LogP contribution in [0.5, 0.6) is 5.75 Å². The number of para-hydroxylation sites is 1. The number of nitrogens with one attached hydrogen (secondary N) is 2. The fourth-order valence-corrected chi connectivity index (χ4v) is 2.70. The molecule has 0 heterocycles. The van der Waals surface area contributed by atoms with E-state index in [9.17, 15) is 14.7 Å². The van der Waals surface area contributed by atoms with E-state index in [1.54, 1.807) is 33.3 Å². The first kappa shape index (κ1) is 19.7. The van der Waals surface area contributed by atoms with E-state index in [0.717, 1.165) is 0 Å². The maximum Gasteiger partial charge on any atom is 0.257 e. The SMILES string of the molecule is COCC(C)NC1=C(Nc2cccc(C(=O)N(C)C)c2O)C(=O)C1OC. The summed E-state index contributed by atoms with van der Waals surface area (Å²) in [7, 11) is 6.25. The van der Waals surface area contributed by atoms with Crippen molar-refractivity contribution in [1.29, 1.82) is 0 Å². The van der Waals surface area contributed by atoms with Crippen LogP contribution in [0.15, 0.2) is 29.6 Å². The van der Waals surface area contributed by atoms with Gasteiger partial charge in [-0.25, -0.2) is 0 Å². The van der Waals surface area contributed by atoms with Crippen molar-refractivity contribution in [3.05, 3.63) is 35.2 Å². The van der Waals surface area contributed by atoms with E-state index in [0.29, 0.717) is 18.0 Å². The molecule has 2 atom stereocenters. The van der Waals surface area contributed by atoms with Gasteiger partial charge in [-0.15, -0.1) is 0 Å².